The molecule has 4 nitrogen and oxygen atoms in total. The fourth-order valence-electron chi connectivity index (χ4n) is 2.95. The number of carbonyl (C=O) groups excluding carboxylic acids is 1. The molecular weight excluding hydrogens is 269 g/mol. The minimum atomic E-state index is -0.322. The predicted octanol–water partition coefficient (Wildman–Crippen LogP) is 2.96. The highest BCUT2D eigenvalue weighted by molar-refractivity contribution is 5.96. The van der Waals surface area contributed by atoms with E-state index >= 15 is 0 Å². The van der Waals surface area contributed by atoms with Crippen molar-refractivity contribution in [2.24, 2.45) is 17.6 Å². The molecule has 0 saturated heterocycles. The van der Waals surface area contributed by atoms with Crippen LogP contribution in [0.25, 0.3) is 0 Å². The Labute approximate surface area is 125 Å². The molecule has 1 aromatic rings. The number of benzene rings is 1. The number of nitrogens with one attached hydrogen (secondary N) is 2. The van der Waals surface area contributed by atoms with Gasteiger partial charge in [-0.15, -0.1) is 0 Å². The van der Waals surface area contributed by atoms with E-state index in [1.165, 1.54) is 12.1 Å². The SMILES string of the molecule is CC(C)Nc1cc(F)ccc1NC(=O)[C@@H]1CCC[C@@H]1CN. The molecule has 1 amide bonds. The number of anilines is 2. The summed E-state index contributed by atoms with van der Waals surface area (Å²) >= 11 is 0. The monoisotopic (exact) mass is 293 g/mol. The Kier molecular flexibility index (Phi) is 5.17. The lowest BCUT2D eigenvalue weighted by molar-refractivity contribution is -0.120. The first-order valence-corrected chi connectivity index (χ1v) is 7.58. The van der Waals surface area contributed by atoms with Crippen LogP contribution in [0, 0.1) is 17.7 Å². The zero-order chi connectivity index (χ0) is 15.4. The van der Waals surface area contributed by atoms with Crippen LogP contribution in [0.5, 0.6) is 0 Å². The van der Waals surface area contributed by atoms with E-state index in [4.69, 9.17) is 5.73 Å². The molecule has 1 aliphatic carbocycles. The minimum Gasteiger partial charge on any atom is -0.381 e. The van der Waals surface area contributed by atoms with Gasteiger partial charge in [0.25, 0.3) is 0 Å². The zero-order valence-electron chi connectivity index (χ0n) is 12.7. The lowest BCUT2D eigenvalue weighted by atomic mass is 9.95. The molecular formula is C16H24FN3O. The Morgan fingerprint density at radius 3 is 2.81 bits per heavy atom. The first kappa shape index (κ1) is 15.8. The van der Waals surface area contributed by atoms with Crippen LogP contribution in [-0.4, -0.2) is 18.5 Å². The highest BCUT2D eigenvalue weighted by atomic mass is 19.1. The van der Waals surface area contributed by atoms with Crippen molar-refractivity contribution in [1.29, 1.82) is 0 Å². The number of nitrogens with two attached hydrogens (primary N) is 1. The molecule has 1 aromatic carbocycles. The standard InChI is InChI=1S/C16H24FN3O/c1-10(2)19-15-8-12(17)6-7-14(15)20-16(21)13-5-3-4-11(13)9-18/h6-8,10-11,13,19H,3-5,9,18H2,1-2H3,(H,20,21)/t11-,13-/m1/s1. The lowest BCUT2D eigenvalue weighted by Gasteiger charge is -2.20. The zero-order valence-corrected chi connectivity index (χ0v) is 12.7. The van der Waals surface area contributed by atoms with Crippen LogP contribution in [0.1, 0.15) is 33.1 Å². The third-order valence-electron chi connectivity index (χ3n) is 3.98. The molecule has 1 aliphatic rings. The van der Waals surface area contributed by atoms with E-state index in [0.717, 1.165) is 19.3 Å². The summed E-state index contributed by atoms with van der Waals surface area (Å²) in [5, 5.41) is 6.08. The molecule has 116 valence electrons. The van der Waals surface area contributed by atoms with Crippen molar-refractivity contribution in [3.63, 3.8) is 0 Å². The van der Waals surface area contributed by atoms with Crippen LogP contribution in [0.15, 0.2) is 18.2 Å². The second kappa shape index (κ2) is 6.89. The normalized spacial score (nSPS) is 21.6. The smallest absolute Gasteiger partial charge is 0.227 e. The number of halogens is 1. The fourth-order valence-corrected chi connectivity index (χ4v) is 2.95. The van der Waals surface area contributed by atoms with Gasteiger partial charge in [-0.05, 0) is 57.4 Å². The Morgan fingerprint density at radius 1 is 1.38 bits per heavy atom. The van der Waals surface area contributed by atoms with E-state index in [-0.39, 0.29) is 29.6 Å². The molecule has 0 radical (unpaired) electrons. The third kappa shape index (κ3) is 3.94. The van der Waals surface area contributed by atoms with E-state index in [1.807, 2.05) is 13.8 Å². The average molecular weight is 293 g/mol. The molecule has 2 rings (SSSR count). The van der Waals surface area contributed by atoms with Gasteiger partial charge in [0.1, 0.15) is 5.82 Å². The first-order valence-electron chi connectivity index (χ1n) is 7.58. The number of amides is 1. The van der Waals surface area contributed by atoms with Crippen LogP contribution in [-0.2, 0) is 4.79 Å². The molecule has 0 aliphatic heterocycles. The molecule has 4 N–H and O–H groups in total. The summed E-state index contributed by atoms with van der Waals surface area (Å²) in [6.07, 6.45) is 2.93. The highest BCUT2D eigenvalue weighted by Crippen LogP contribution is 2.33. The summed E-state index contributed by atoms with van der Waals surface area (Å²) in [5.74, 6) is -0.114. The highest BCUT2D eigenvalue weighted by Gasteiger charge is 2.32. The number of carbonyl (C=O) groups is 1. The topological polar surface area (TPSA) is 67.1 Å². The lowest BCUT2D eigenvalue weighted by Crippen LogP contribution is -2.30. The van der Waals surface area contributed by atoms with Gasteiger partial charge in [-0.1, -0.05) is 6.42 Å². The van der Waals surface area contributed by atoms with Crippen LogP contribution in [0.4, 0.5) is 15.8 Å². The van der Waals surface area contributed by atoms with Gasteiger partial charge >= 0.3 is 0 Å². The van der Waals surface area contributed by atoms with E-state index in [0.29, 0.717) is 17.9 Å². The molecule has 1 fully saturated rings. The van der Waals surface area contributed by atoms with Crippen LogP contribution in [0.2, 0.25) is 0 Å². The van der Waals surface area contributed by atoms with Crippen molar-refractivity contribution in [1.82, 2.24) is 0 Å². The minimum absolute atomic E-state index is 0.0126. The van der Waals surface area contributed by atoms with Crippen LogP contribution < -0.4 is 16.4 Å². The van der Waals surface area contributed by atoms with E-state index in [2.05, 4.69) is 10.6 Å². The Hall–Kier alpha value is -1.62. The average Bonchev–Trinajstić information content (AvgIpc) is 2.89. The summed E-state index contributed by atoms with van der Waals surface area (Å²) in [6, 6.07) is 4.52. The molecule has 0 aromatic heterocycles. The van der Waals surface area contributed by atoms with Gasteiger partial charge in [0, 0.05) is 12.0 Å². The molecule has 0 heterocycles. The molecule has 1 saturated carbocycles. The Bertz CT molecular complexity index is 504. The van der Waals surface area contributed by atoms with Gasteiger partial charge in [-0.3, -0.25) is 4.79 Å². The van der Waals surface area contributed by atoms with Crippen molar-refractivity contribution in [2.45, 2.75) is 39.2 Å². The molecule has 0 bridgehead atoms. The quantitative estimate of drug-likeness (QED) is 0.782. The summed E-state index contributed by atoms with van der Waals surface area (Å²) in [6.45, 7) is 4.48. The maximum Gasteiger partial charge on any atom is 0.227 e. The third-order valence-corrected chi connectivity index (χ3v) is 3.98. The number of rotatable bonds is 5. The van der Waals surface area contributed by atoms with E-state index < -0.39 is 0 Å². The van der Waals surface area contributed by atoms with Crippen molar-refractivity contribution >= 4 is 17.3 Å². The van der Waals surface area contributed by atoms with Gasteiger partial charge in [-0.2, -0.15) is 0 Å². The molecule has 2 atom stereocenters. The van der Waals surface area contributed by atoms with Crippen molar-refractivity contribution in [2.75, 3.05) is 17.2 Å². The van der Waals surface area contributed by atoms with Crippen LogP contribution >= 0.6 is 0 Å². The Balaban J connectivity index is 2.13. The second-order valence-electron chi connectivity index (χ2n) is 6.01. The van der Waals surface area contributed by atoms with Gasteiger partial charge in [0.05, 0.1) is 11.4 Å². The van der Waals surface area contributed by atoms with Crippen molar-refractivity contribution < 1.29 is 9.18 Å². The number of hydrogen-bond acceptors (Lipinski definition) is 3. The largest absolute Gasteiger partial charge is 0.381 e. The van der Waals surface area contributed by atoms with Gasteiger partial charge in [0.2, 0.25) is 5.91 Å². The summed E-state index contributed by atoms with van der Waals surface area (Å²) < 4.78 is 13.4. The second-order valence-corrected chi connectivity index (χ2v) is 6.01. The molecule has 0 spiro atoms. The summed E-state index contributed by atoms with van der Waals surface area (Å²) in [5.41, 5.74) is 6.96. The molecule has 5 heteroatoms. The fraction of sp³-hybridized carbons (Fsp3) is 0.562. The van der Waals surface area contributed by atoms with Crippen LogP contribution in [0.3, 0.4) is 0 Å². The maximum atomic E-state index is 13.4. The van der Waals surface area contributed by atoms with Crippen molar-refractivity contribution in [3.8, 4) is 0 Å². The van der Waals surface area contributed by atoms with E-state index in [9.17, 15) is 9.18 Å². The van der Waals surface area contributed by atoms with Crippen molar-refractivity contribution in [3.05, 3.63) is 24.0 Å². The Morgan fingerprint density at radius 2 is 2.14 bits per heavy atom. The summed E-state index contributed by atoms with van der Waals surface area (Å²) in [4.78, 5) is 12.4. The first-order chi connectivity index (χ1) is 10.0. The molecule has 0 unspecified atom stereocenters. The maximum absolute atomic E-state index is 13.4. The summed E-state index contributed by atoms with van der Waals surface area (Å²) in [7, 11) is 0. The number of hydrogen-bond donors (Lipinski definition) is 3. The molecule has 21 heavy (non-hydrogen) atoms. The predicted molar refractivity (Wildman–Crippen MR) is 83.7 cm³/mol. The van der Waals surface area contributed by atoms with Gasteiger partial charge in [-0.25, -0.2) is 4.39 Å². The van der Waals surface area contributed by atoms with Gasteiger partial charge in [0.15, 0.2) is 0 Å². The van der Waals surface area contributed by atoms with Gasteiger partial charge < -0.3 is 16.4 Å². The van der Waals surface area contributed by atoms with E-state index in [1.54, 1.807) is 6.07 Å².